The molecule has 1 nitrogen and oxygen atoms in total. The summed E-state index contributed by atoms with van der Waals surface area (Å²) >= 11 is 0. The average molecular weight is 218 g/mol. The highest BCUT2D eigenvalue weighted by Crippen LogP contribution is 2.18. The molecule has 0 aliphatic carbocycles. The first kappa shape index (κ1) is 13.0. The second kappa shape index (κ2) is 5.83. The molecule has 0 saturated carbocycles. The van der Waals surface area contributed by atoms with E-state index >= 15 is 0 Å². The quantitative estimate of drug-likeness (QED) is 0.732. The molecule has 0 fully saturated rings. The van der Waals surface area contributed by atoms with Crippen molar-refractivity contribution in [2.45, 2.75) is 53.4 Å². The van der Waals surface area contributed by atoms with E-state index in [2.05, 4.69) is 32.9 Å². The molecule has 1 aromatic rings. The summed E-state index contributed by atoms with van der Waals surface area (Å²) in [5.41, 5.74) is 5.47. The summed E-state index contributed by atoms with van der Waals surface area (Å²) in [6.07, 6.45) is 3.41. The first-order valence-corrected chi connectivity index (χ1v) is 6.13. The van der Waals surface area contributed by atoms with Gasteiger partial charge in [0.25, 0.3) is 0 Å². The SMILES string of the molecule is CCC(=O)CCCc1c(C)cc(C)cc1C. The smallest absolute Gasteiger partial charge is 0.132 e. The maximum atomic E-state index is 11.2. The van der Waals surface area contributed by atoms with E-state index in [1.54, 1.807) is 0 Å². The van der Waals surface area contributed by atoms with Crippen molar-refractivity contribution in [2.24, 2.45) is 0 Å². The molecule has 16 heavy (non-hydrogen) atoms. The molecule has 0 aromatic heterocycles. The number of benzene rings is 1. The Hall–Kier alpha value is -1.11. The van der Waals surface area contributed by atoms with Crippen LogP contribution in [-0.2, 0) is 11.2 Å². The van der Waals surface area contributed by atoms with Gasteiger partial charge in [0.05, 0.1) is 0 Å². The Labute approximate surface area is 98.9 Å². The Kier molecular flexibility index (Phi) is 4.72. The number of carbonyl (C=O) groups is 1. The van der Waals surface area contributed by atoms with E-state index in [9.17, 15) is 4.79 Å². The highest BCUT2D eigenvalue weighted by Gasteiger charge is 2.05. The molecule has 0 bridgehead atoms. The number of Topliss-reactive ketones (excluding diaryl/α,β-unsaturated/α-hetero) is 1. The molecule has 0 atom stereocenters. The molecule has 0 N–H and O–H groups in total. The largest absolute Gasteiger partial charge is 0.300 e. The number of carbonyl (C=O) groups excluding carboxylic acids is 1. The van der Waals surface area contributed by atoms with E-state index in [4.69, 9.17) is 0 Å². The van der Waals surface area contributed by atoms with Gasteiger partial charge in [-0.25, -0.2) is 0 Å². The summed E-state index contributed by atoms with van der Waals surface area (Å²) in [6.45, 7) is 8.39. The zero-order valence-corrected chi connectivity index (χ0v) is 10.9. The molecule has 0 saturated heterocycles. The molecule has 0 unspecified atom stereocenters. The van der Waals surface area contributed by atoms with Crippen molar-refractivity contribution in [3.8, 4) is 0 Å². The minimum Gasteiger partial charge on any atom is -0.300 e. The van der Waals surface area contributed by atoms with Gasteiger partial charge in [0.2, 0.25) is 0 Å². The van der Waals surface area contributed by atoms with Crippen molar-refractivity contribution < 1.29 is 4.79 Å². The van der Waals surface area contributed by atoms with Gasteiger partial charge < -0.3 is 0 Å². The number of rotatable bonds is 5. The van der Waals surface area contributed by atoms with Crippen molar-refractivity contribution in [1.29, 1.82) is 0 Å². The van der Waals surface area contributed by atoms with Crippen LogP contribution in [0.3, 0.4) is 0 Å². The third kappa shape index (κ3) is 3.48. The Morgan fingerprint density at radius 1 is 1.12 bits per heavy atom. The second-order valence-corrected chi connectivity index (χ2v) is 4.62. The van der Waals surface area contributed by atoms with Crippen LogP contribution in [0.25, 0.3) is 0 Å². The lowest BCUT2D eigenvalue weighted by atomic mass is 9.95. The van der Waals surface area contributed by atoms with Crippen LogP contribution in [0.15, 0.2) is 12.1 Å². The predicted molar refractivity (Wildman–Crippen MR) is 68.9 cm³/mol. The molecule has 0 heterocycles. The van der Waals surface area contributed by atoms with Crippen LogP contribution in [-0.4, -0.2) is 5.78 Å². The standard InChI is InChI=1S/C15H22O/c1-5-14(16)7-6-8-15-12(3)9-11(2)10-13(15)4/h9-10H,5-8H2,1-4H3. The summed E-state index contributed by atoms with van der Waals surface area (Å²) in [5.74, 6) is 0.377. The Morgan fingerprint density at radius 2 is 1.69 bits per heavy atom. The molecule has 1 heteroatoms. The Morgan fingerprint density at radius 3 is 2.19 bits per heavy atom. The molecule has 88 valence electrons. The monoisotopic (exact) mass is 218 g/mol. The van der Waals surface area contributed by atoms with Crippen molar-refractivity contribution in [2.75, 3.05) is 0 Å². The fraction of sp³-hybridized carbons (Fsp3) is 0.533. The molecule has 1 rings (SSSR count). The maximum Gasteiger partial charge on any atom is 0.132 e. The van der Waals surface area contributed by atoms with E-state index in [0.29, 0.717) is 12.2 Å². The molecule has 0 aliphatic rings. The first-order valence-electron chi connectivity index (χ1n) is 6.13. The molecular weight excluding hydrogens is 196 g/mol. The van der Waals surface area contributed by atoms with Crippen LogP contribution in [0.5, 0.6) is 0 Å². The van der Waals surface area contributed by atoms with E-state index < -0.39 is 0 Å². The molecule has 1 aromatic carbocycles. The number of hydrogen-bond donors (Lipinski definition) is 0. The van der Waals surface area contributed by atoms with E-state index in [0.717, 1.165) is 19.3 Å². The second-order valence-electron chi connectivity index (χ2n) is 4.62. The van der Waals surface area contributed by atoms with Gasteiger partial charge in [0.15, 0.2) is 0 Å². The lowest BCUT2D eigenvalue weighted by Gasteiger charge is -2.10. The topological polar surface area (TPSA) is 17.1 Å². The first-order chi connectivity index (χ1) is 7.54. The van der Waals surface area contributed by atoms with Crippen LogP contribution in [0.1, 0.15) is 48.4 Å². The van der Waals surface area contributed by atoms with Gasteiger partial charge >= 0.3 is 0 Å². The van der Waals surface area contributed by atoms with Crippen LogP contribution in [0.2, 0.25) is 0 Å². The molecule has 0 amide bonds. The summed E-state index contributed by atoms with van der Waals surface area (Å²) in [5, 5.41) is 0. The third-order valence-electron chi connectivity index (χ3n) is 3.12. The summed E-state index contributed by atoms with van der Waals surface area (Å²) in [6, 6.07) is 4.45. The highest BCUT2D eigenvalue weighted by atomic mass is 16.1. The third-order valence-corrected chi connectivity index (χ3v) is 3.12. The van der Waals surface area contributed by atoms with E-state index in [-0.39, 0.29) is 0 Å². The molecular formula is C15H22O. The Balaban J connectivity index is 2.64. The fourth-order valence-corrected chi connectivity index (χ4v) is 2.24. The molecule has 0 spiro atoms. The van der Waals surface area contributed by atoms with Crippen LogP contribution in [0, 0.1) is 20.8 Å². The van der Waals surface area contributed by atoms with Crippen LogP contribution in [0.4, 0.5) is 0 Å². The zero-order chi connectivity index (χ0) is 12.1. The van der Waals surface area contributed by atoms with Crippen LogP contribution < -0.4 is 0 Å². The van der Waals surface area contributed by atoms with E-state index in [1.807, 2.05) is 6.92 Å². The maximum absolute atomic E-state index is 11.2. The van der Waals surface area contributed by atoms with Crippen LogP contribution >= 0.6 is 0 Å². The highest BCUT2D eigenvalue weighted by molar-refractivity contribution is 5.77. The summed E-state index contributed by atoms with van der Waals surface area (Å²) in [4.78, 5) is 11.2. The molecule has 0 radical (unpaired) electrons. The number of ketones is 1. The normalized spacial score (nSPS) is 10.5. The molecule has 0 aliphatic heterocycles. The van der Waals surface area contributed by atoms with Gasteiger partial charge in [-0.1, -0.05) is 24.6 Å². The summed E-state index contributed by atoms with van der Waals surface area (Å²) < 4.78 is 0. The average Bonchev–Trinajstić information content (AvgIpc) is 2.21. The predicted octanol–water partition coefficient (Wildman–Crippen LogP) is 3.91. The van der Waals surface area contributed by atoms with Gasteiger partial charge in [-0.3, -0.25) is 4.79 Å². The van der Waals surface area contributed by atoms with Crippen molar-refractivity contribution >= 4 is 5.78 Å². The zero-order valence-electron chi connectivity index (χ0n) is 10.9. The Bertz CT molecular complexity index is 354. The number of hydrogen-bond acceptors (Lipinski definition) is 1. The van der Waals surface area contributed by atoms with Crippen molar-refractivity contribution in [1.82, 2.24) is 0 Å². The van der Waals surface area contributed by atoms with Gasteiger partial charge in [-0.15, -0.1) is 0 Å². The van der Waals surface area contributed by atoms with E-state index in [1.165, 1.54) is 22.3 Å². The lowest BCUT2D eigenvalue weighted by Crippen LogP contribution is -1.99. The number of aryl methyl sites for hydroxylation is 3. The van der Waals surface area contributed by atoms with Gasteiger partial charge in [0, 0.05) is 12.8 Å². The minimum atomic E-state index is 0.377. The van der Waals surface area contributed by atoms with Crippen molar-refractivity contribution in [3.63, 3.8) is 0 Å². The fourth-order valence-electron chi connectivity index (χ4n) is 2.24. The van der Waals surface area contributed by atoms with Gasteiger partial charge in [-0.2, -0.15) is 0 Å². The lowest BCUT2D eigenvalue weighted by molar-refractivity contribution is -0.118. The van der Waals surface area contributed by atoms with Crippen molar-refractivity contribution in [3.05, 3.63) is 34.4 Å². The van der Waals surface area contributed by atoms with Gasteiger partial charge in [0.1, 0.15) is 5.78 Å². The van der Waals surface area contributed by atoms with Gasteiger partial charge in [-0.05, 0) is 50.3 Å². The minimum absolute atomic E-state index is 0.377. The summed E-state index contributed by atoms with van der Waals surface area (Å²) in [7, 11) is 0.